The van der Waals surface area contributed by atoms with Gasteiger partial charge in [0.05, 0.1) is 0 Å². The Morgan fingerprint density at radius 1 is 0.522 bits per heavy atom. The van der Waals surface area contributed by atoms with E-state index in [0.29, 0.717) is 7.25 Å². The van der Waals surface area contributed by atoms with Gasteiger partial charge in [0.1, 0.15) is 0 Å². The number of hydrogen-bond donors (Lipinski definition) is 0. The molecule has 0 heterocycles. The molecule has 0 fully saturated rings. The molecule has 0 nitrogen and oxygen atoms in total. The number of allylic oxidation sites excluding steroid dienone is 4. The Labute approximate surface area is 298 Å². The summed E-state index contributed by atoms with van der Waals surface area (Å²) in [4.78, 5) is 0. The zero-order valence-electron chi connectivity index (χ0n) is 28.8. The summed E-state index contributed by atoms with van der Waals surface area (Å²) in [5, 5.41) is 3.22. The largest absolute Gasteiger partial charge is 1.00 e. The van der Waals surface area contributed by atoms with E-state index in [0.717, 1.165) is 12.8 Å². The molecule has 46 heavy (non-hydrogen) atoms. The van der Waals surface area contributed by atoms with E-state index >= 15 is 0 Å². The van der Waals surface area contributed by atoms with Crippen molar-refractivity contribution in [2.24, 2.45) is 0 Å². The van der Waals surface area contributed by atoms with E-state index in [4.69, 9.17) is 0 Å². The molecular formula is C42H48Cl2SiZr. The standard InChI is InChI=1S/2C15H19.C12H10Si.2ClH.Zr/c2*1-5-6-13-8-7-10(2)14-9-11(3)12(4)15(13)14;1-3-7-11(8-4-1)13-12-9-5-2-6-10-12;;;/h2*7-9H,5-6H2,1-4H3;1-10H;2*1H;/q;;;;;+2/p-2. The van der Waals surface area contributed by atoms with Crippen molar-refractivity contribution >= 4 is 27.0 Å². The first-order valence-corrected chi connectivity index (χ1v) is 24.8. The van der Waals surface area contributed by atoms with Gasteiger partial charge in [-0.3, -0.25) is 0 Å². The maximum absolute atomic E-state index is 2.62. The Hall–Kier alpha value is -1.96. The summed E-state index contributed by atoms with van der Waals surface area (Å²) in [6.07, 6.45) is 4.71. The summed E-state index contributed by atoms with van der Waals surface area (Å²) in [7, 11) is 0. The topological polar surface area (TPSA) is 0 Å². The number of rotatable bonds is 8. The van der Waals surface area contributed by atoms with Gasteiger partial charge in [0.2, 0.25) is 0 Å². The maximum Gasteiger partial charge on any atom is -1.00 e. The molecule has 4 aromatic carbocycles. The second kappa shape index (κ2) is 15.5. The van der Waals surface area contributed by atoms with Crippen LogP contribution in [-0.4, -0.2) is 5.43 Å². The minimum absolute atomic E-state index is 0. The number of halogens is 2. The van der Waals surface area contributed by atoms with Gasteiger partial charge in [-0.05, 0) is 0 Å². The third-order valence-electron chi connectivity index (χ3n) is 10.6. The van der Waals surface area contributed by atoms with Crippen LogP contribution in [0.5, 0.6) is 0 Å². The number of aryl methyl sites for hydroxylation is 4. The van der Waals surface area contributed by atoms with Crippen molar-refractivity contribution in [2.45, 2.75) is 88.3 Å². The second-order valence-electron chi connectivity index (χ2n) is 13.2. The second-order valence-corrected chi connectivity index (χ2v) is 27.3. The van der Waals surface area contributed by atoms with Crippen LogP contribution in [-0.2, 0) is 33.2 Å². The van der Waals surface area contributed by atoms with Crippen LogP contribution < -0.4 is 35.2 Å². The van der Waals surface area contributed by atoms with Crippen LogP contribution in [0.1, 0.15) is 106 Å². The molecule has 238 valence electrons. The third-order valence-corrected chi connectivity index (χ3v) is 31.5. The molecule has 4 aromatic rings. The van der Waals surface area contributed by atoms with E-state index in [-0.39, 0.29) is 24.8 Å². The van der Waals surface area contributed by atoms with E-state index < -0.39 is 25.8 Å². The predicted octanol–water partition coefficient (Wildman–Crippen LogP) is 4.04. The van der Waals surface area contributed by atoms with Gasteiger partial charge in [-0.25, -0.2) is 0 Å². The first-order chi connectivity index (χ1) is 21.3. The van der Waals surface area contributed by atoms with E-state index in [1.54, 1.807) is 66.0 Å². The first kappa shape index (κ1) is 36.9. The van der Waals surface area contributed by atoms with Crippen molar-refractivity contribution in [1.29, 1.82) is 0 Å². The summed E-state index contributed by atoms with van der Waals surface area (Å²) in [5.74, 6) is 0. The van der Waals surface area contributed by atoms with E-state index in [9.17, 15) is 0 Å². The summed E-state index contributed by atoms with van der Waals surface area (Å²) < 4.78 is 1.15. The third kappa shape index (κ3) is 6.30. The van der Waals surface area contributed by atoms with Crippen LogP contribution in [0.3, 0.4) is 0 Å². The fraction of sp³-hybridized carbons (Fsp3) is 0.333. The van der Waals surface area contributed by atoms with E-state index in [1.165, 1.54) is 24.0 Å². The fourth-order valence-corrected chi connectivity index (χ4v) is 34.4. The summed E-state index contributed by atoms with van der Waals surface area (Å²) in [6.45, 7) is 19.4. The molecule has 4 heteroatoms. The van der Waals surface area contributed by atoms with Crippen LogP contribution in [0, 0.1) is 13.8 Å². The van der Waals surface area contributed by atoms with Crippen molar-refractivity contribution in [2.75, 3.05) is 0 Å². The molecule has 2 aliphatic carbocycles. The van der Waals surface area contributed by atoms with Gasteiger partial charge < -0.3 is 24.8 Å². The Morgan fingerprint density at radius 2 is 0.891 bits per heavy atom. The Bertz CT molecular complexity index is 1700. The van der Waals surface area contributed by atoms with Crippen molar-refractivity contribution in [3.63, 3.8) is 0 Å². The number of benzene rings is 4. The van der Waals surface area contributed by atoms with Gasteiger partial charge in [0.25, 0.3) is 0 Å². The van der Waals surface area contributed by atoms with Gasteiger partial charge in [-0.15, -0.1) is 0 Å². The summed E-state index contributed by atoms with van der Waals surface area (Å²) in [6, 6.07) is 33.3. The molecular weight excluding hydrogens is 695 g/mol. The molecule has 0 N–H and O–H groups in total. The minimum atomic E-state index is -2.62. The van der Waals surface area contributed by atoms with Gasteiger partial charge in [-0.2, -0.15) is 0 Å². The summed E-state index contributed by atoms with van der Waals surface area (Å²) >= 11 is -2.62. The van der Waals surface area contributed by atoms with Crippen molar-refractivity contribution in [3.05, 3.63) is 141 Å². The predicted molar refractivity (Wildman–Crippen MR) is 190 cm³/mol. The van der Waals surface area contributed by atoms with Crippen LogP contribution >= 0.6 is 0 Å². The quantitative estimate of drug-likeness (QED) is 0.240. The molecule has 0 amide bonds. The van der Waals surface area contributed by atoms with Crippen LogP contribution in [0.4, 0.5) is 0 Å². The van der Waals surface area contributed by atoms with Gasteiger partial charge >= 0.3 is 276 Å². The molecule has 2 atom stereocenters. The zero-order chi connectivity index (χ0) is 31.1. The molecule has 2 unspecified atom stereocenters. The molecule has 0 saturated carbocycles. The van der Waals surface area contributed by atoms with Crippen molar-refractivity contribution < 1.29 is 45.2 Å². The van der Waals surface area contributed by atoms with Crippen molar-refractivity contribution in [3.8, 4) is 0 Å². The molecule has 6 rings (SSSR count). The first-order valence-electron chi connectivity index (χ1n) is 16.7. The Kier molecular flexibility index (Phi) is 12.4. The molecule has 0 radical (unpaired) electrons. The van der Waals surface area contributed by atoms with Gasteiger partial charge in [0, 0.05) is 0 Å². The molecule has 0 aromatic heterocycles. The van der Waals surface area contributed by atoms with Crippen molar-refractivity contribution in [1.82, 2.24) is 0 Å². The monoisotopic (exact) mass is 740 g/mol. The molecule has 0 saturated heterocycles. The van der Waals surface area contributed by atoms with Crippen LogP contribution in [0.2, 0.25) is 0 Å². The fourth-order valence-electron chi connectivity index (χ4n) is 8.33. The van der Waals surface area contributed by atoms with Gasteiger partial charge in [-0.1, -0.05) is 0 Å². The average Bonchev–Trinajstić information content (AvgIpc) is 3.46. The minimum Gasteiger partial charge on any atom is -1.00 e. The molecule has 2 aliphatic rings. The molecule has 0 aliphatic heterocycles. The van der Waals surface area contributed by atoms with E-state index in [2.05, 4.69) is 140 Å². The molecule has 0 spiro atoms. The van der Waals surface area contributed by atoms with Crippen LogP contribution in [0.15, 0.2) is 96.1 Å². The summed E-state index contributed by atoms with van der Waals surface area (Å²) in [5.41, 5.74) is 18.2. The van der Waals surface area contributed by atoms with E-state index in [1.807, 2.05) is 0 Å². The maximum atomic E-state index is 2.52. The number of fused-ring (bicyclic) bond motifs is 2. The smallest absolute Gasteiger partial charge is 1.00 e. The Morgan fingerprint density at radius 3 is 1.24 bits per heavy atom. The normalized spacial score (nSPS) is 16.3. The van der Waals surface area contributed by atoms with Crippen LogP contribution in [0.25, 0.3) is 11.1 Å². The SMILES string of the molecule is CCCc1ccc(C)c2c1C(C)=C(C)[CH]2[Zr+2]([CH]1C(C)=C(C)c2c(CCC)ccc(C)c21)=[Si](c1ccccc1)c1ccccc1.[Cl-].[Cl-]. The Balaban J connectivity index is 0.00000240. The average molecular weight is 743 g/mol. The molecule has 0 bridgehead atoms. The van der Waals surface area contributed by atoms with Gasteiger partial charge in [0.15, 0.2) is 0 Å². The number of hydrogen-bond acceptors (Lipinski definition) is 0. The zero-order valence-corrected chi connectivity index (χ0v) is 33.8.